The number of hydrogen-bond donors (Lipinski definition) is 1. The van der Waals surface area contributed by atoms with E-state index in [0.29, 0.717) is 15.8 Å². The van der Waals surface area contributed by atoms with E-state index in [1.54, 1.807) is 18.2 Å². The van der Waals surface area contributed by atoms with Crippen molar-refractivity contribution < 1.29 is 13.9 Å². The van der Waals surface area contributed by atoms with Crippen LogP contribution in [0.25, 0.3) is 6.08 Å². The van der Waals surface area contributed by atoms with Gasteiger partial charge >= 0.3 is 0 Å². The topological polar surface area (TPSA) is 50.7 Å². The van der Waals surface area contributed by atoms with Gasteiger partial charge in [-0.15, -0.1) is 0 Å². The number of carbonyl (C=O) groups excluding carboxylic acids is 1. The summed E-state index contributed by atoms with van der Waals surface area (Å²) in [5.41, 5.74) is 2.27. The number of benzene rings is 3. The average molecular weight is 404 g/mol. The monoisotopic (exact) mass is 404 g/mol. The highest BCUT2D eigenvalue weighted by atomic mass is 32.2. The van der Waals surface area contributed by atoms with Crippen molar-refractivity contribution in [2.75, 3.05) is 0 Å². The second-order valence-corrected chi connectivity index (χ2v) is 7.30. The average Bonchev–Trinajstić information content (AvgIpc) is 3.07. The first-order chi connectivity index (χ1) is 14.2. The van der Waals surface area contributed by atoms with Crippen LogP contribution >= 0.6 is 11.8 Å². The molecule has 0 spiro atoms. The van der Waals surface area contributed by atoms with Crippen molar-refractivity contribution in [3.63, 3.8) is 0 Å². The van der Waals surface area contributed by atoms with Gasteiger partial charge in [-0.1, -0.05) is 48.5 Å². The fourth-order valence-corrected chi connectivity index (χ4v) is 3.59. The summed E-state index contributed by atoms with van der Waals surface area (Å²) >= 11 is 1.28. The summed E-state index contributed by atoms with van der Waals surface area (Å²) in [4.78, 5) is 17.3. The molecule has 3 aromatic carbocycles. The molecule has 1 N–H and O–H groups in total. The zero-order chi connectivity index (χ0) is 20.1. The van der Waals surface area contributed by atoms with E-state index in [1.807, 2.05) is 54.6 Å². The zero-order valence-electron chi connectivity index (χ0n) is 15.3. The summed E-state index contributed by atoms with van der Waals surface area (Å²) in [7, 11) is 0. The number of thioether (sulfide) groups is 1. The van der Waals surface area contributed by atoms with Crippen molar-refractivity contribution >= 4 is 34.6 Å². The maximum atomic E-state index is 13.4. The molecule has 0 bridgehead atoms. The maximum Gasteiger partial charge on any atom is 0.264 e. The first-order valence-corrected chi connectivity index (χ1v) is 9.80. The number of halogens is 1. The van der Waals surface area contributed by atoms with Gasteiger partial charge in [-0.2, -0.15) is 0 Å². The van der Waals surface area contributed by atoms with Crippen LogP contribution in [0.5, 0.6) is 5.75 Å². The van der Waals surface area contributed by atoms with Crippen LogP contribution in [0.15, 0.2) is 88.8 Å². The van der Waals surface area contributed by atoms with Crippen LogP contribution in [0.1, 0.15) is 11.1 Å². The van der Waals surface area contributed by atoms with E-state index in [2.05, 4.69) is 10.3 Å². The third-order valence-electron chi connectivity index (χ3n) is 4.13. The molecule has 1 aliphatic heterocycles. The number of amides is 1. The Bertz CT molecular complexity index is 1100. The Morgan fingerprint density at radius 1 is 1.00 bits per heavy atom. The van der Waals surface area contributed by atoms with Gasteiger partial charge in [-0.3, -0.25) is 4.79 Å². The molecule has 0 aliphatic carbocycles. The van der Waals surface area contributed by atoms with Crippen LogP contribution in [-0.2, 0) is 11.4 Å². The van der Waals surface area contributed by atoms with Gasteiger partial charge in [0.05, 0.1) is 10.6 Å². The Hall–Kier alpha value is -3.38. The first kappa shape index (κ1) is 19.0. The smallest absolute Gasteiger partial charge is 0.264 e. The van der Waals surface area contributed by atoms with Gasteiger partial charge in [0.15, 0.2) is 5.17 Å². The molecule has 0 unspecified atom stereocenters. The minimum Gasteiger partial charge on any atom is -0.488 e. The summed E-state index contributed by atoms with van der Waals surface area (Å²) in [6.07, 6.45) is 1.77. The molecular formula is C23H17FN2O2S. The third kappa shape index (κ3) is 4.92. The van der Waals surface area contributed by atoms with Crippen LogP contribution in [0.2, 0.25) is 0 Å². The standard InChI is InChI=1S/C23H17FN2O2S/c24-18-9-6-7-16(13-18)15-28-20-12-5-4-8-17(20)14-21-22(27)26-23(29-21)25-19-10-2-1-3-11-19/h1-14H,15H2,(H,25,26,27)/b21-14-. The van der Waals surface area contributed by atoms with E-state index in [-0.39, 0.29) is 18.3 Å². The van der Waals surface area contributed by atoms with Crippen LogP contribution in [-0.4, -0.2) is 11.1 Å². The predicted molar refractivity (Wildman–Crippen MR) is 114 cm³/mol. The number of ether oxygens (including phenoxy) is 1. The van der Waals surface area contributed by atoms with Crippen molar-refractivity contribution in [3.05, 3.63) is 101 Å². The molecule has 0 saturated carbocycles. The number of hydrogen-bond acceptors (Lipinski definition) is 4. The second-order valence-electron chi connectivity index (χ2n) is 6.27. The predicted octanol–water partition coefficient (Wildman–Crippen LogP) is 5.30. The lowest BCUT2D eigenvalue weighted by atomic mass is 10.2. The normalized spacial score (nSPS) is 16.2. The van der Waals surface area contributed by atoms with E-state index >= 15 is 0 Å². The summed E-state index contributed by atoms with van der Waals surface area (Å²) < 4.78 is 19.2. The maximum absolute atomic E-state index is 13.4. The lowest BCUT2D eigenvalue weighted by Crippen LogP contribution is -2.19. The fraction of sp³-hybridized carbons (Fsp3) is 0.0435. The SMILES string of the molecule is O=C1NC(=Nc2ccccc2)S/C1=C\c1ccccc1OCc1cccc(F)c1. The van der Waals surface area contributed by atoms with Gasteiger partial charge in [0.1, 0.15) is 18.2 Å². The molecule has 1 amide bonds. The molecule has 1 aliphatic rings. The molecule has 29 heavy (non-hydrogen) atoms. The van der Waals surface area contributed by atoms with Gasteiger partial charge in [0.25, 0.3) is 5.91 Å². The highest BCUT2D eigenvalue weighted by molar-refractivity contribution is 8.18. The van der Waals surface area contributed by atoms with Crippen molar-refractivity contribution in [1.82, 2.24) is 5.32 Å². The van der Waals surface area contributed by atoms with Gasteiger partial charge in [-0.25, -0.2) is 9.38 Å². The molecule has 1 saturated heterocycles. The molecule has 1 heterocycles. The quantitative estimate of drug-likeness (QED) is 0.588. The van der Waals surface area contributed by atoms with E-state index < -0.39 is 0 Å². The molecule has 0 aromatic heterocycles. The number of para-hydroxylation sites is 2. The Kier molecular flexibility index (Phi) is 5.72. The van der Waals surface area contributed by atoms with Crippen LogP contribution < -0.4 is 10.1 Å². The minimum absolute atomic E-state index is 0.204. The van der Waals surface area contributed by atoms with Crippen molar-refractivity contribution in [2.24, 2.45) is 4.99 Å². The van der Waals surface area contributed by atoms with E-state index in [1.165, 1.54) is 23.9 Å². The summed E-state index contributed by atoms with van der Waals surface area (Å²) in [6.45, 7) is 0.234. The number of aliphatic imine (C=N–C) groups is 1. The van der Waals surface area contributed by atoms with Gasteiger partial charge in [-0.05, 0) is 53.7 Å². The van der Waals surface area contributed by atoms with Crippen molar-refractivity contribution in [1.29, 1.82) is 0 Å². The van der Waals surface area contributed by atoms with Gasteiger partial charge in [0, 0.05) is 5.56 Å². The van der Waals surface area contributed by atoms with Crippen molar-refractivity contribution in [3.8, 4) is 5.75 Å². The molecular weight excluding hydrogens is 387 g/mol. The molecule has 6 heteroatoms. The van der Waals surface area contributed by atoms with E-state index in [4.69, 9.17) is 4.74 Å². The molecule has 0 radical (unpaired) electrons. The first-order valence-electron chi connectivity index (χ1n) is 8.98. The molecule has 4 nitrogen and oxygen atoms in total. The molecule has 0 atom stereocenters. The van der Waals surface area contributed by atoms with E-state index in [0.717, 1.165) is 16.8 Å². The lowest BCUT2D eigenvalue weighted by Gasteiger charge is -2.09. The molecule has 4 rings (SSSR count). The third-order valence-corrected chi connectivity index (χ3v) is 5.04. The largest absolute Gasteiger partial charge is 0.488 e. The Morgan fingerprint density at radius 3 is 2.62 bits per heavy atom. The summed E-state index contributed by atoms with van der Waals surface area (Å²) in [5, 5.41) is 3.31. The second kappa shape index (κ2) is 8.75. The summed E-state index contributed by atoms with van der Waals surface area (Å²) in [5.74, 6) is 0.112. The van der Waals surface area contributed by atoms with E-state index in [9.17, 15) is 9.18 Å². The van der Waals surface area contributed by atoms with Crippen LogP contribution in [0, 0.1) is 5.82 Å². The van der Waals surface area contributed by atoms with Gasteiger partial charge < -0.3 is 10.1 Å². The number of nitrogens with one attached hydrogen (secondary N) is 1. The summed E-state index contributed by atoms with van der Waals surface area (Å²) in [6, 6.07) is 23.1. The number of carbonyl (C=O) groups is 1. The Balaban J connectivity index is 1.52. The zero-order valence-corrected chi connectivity index (χ0v) is 16.2. The number of rotatable bonds is 5. The lowest BCUT2D eigenvalue weighted by molar-refractivity contribution is -0.115. The molecule has 3 aromatic rings. The fourth-order valence-electron chi connectivity index (χ4n) is 2.76. The highest BCUT2D eigenvalue weighted by Crippen LogP contribution is 2.30. The van der Waals surface area contributed by atoms with Crippen molar-refractivity contribution in [2.45, 2.75) is 6.61 Å². The molecule has 144 valence electrons. The number of amidine groups is 1. The van der Waals surface area contributed by atoms with Crippen LogP contribution in [0.4, 0.5) is 10.1 Å². The van der Waals surface area contributed by atoms with Crippen LogP contribution in [0.3, 0.4) is 0 Å². The highest BCUT2D eigenvalue weighted by Gasteiger charge is 2.24. The Labute approximate surface area is 172 Å². The van der Waals surface area contributed by atoms with Gasteiger partial charge in [0.2, 0.25) is 0 Å². The Morgan fingerprint density at radius 2 is 1.79 bits per heavy atom. The number of nitrogens with zero attached hydrogens (tertiary/aromatic N) is 1. The molecule has 1 fully saturated rings. The minimum atomic E-state index is -0.300.